The molecule has 0 aromatic heterocycles. The summed E-state index contributed by atoms with van der Waals surface area (Å²) < 4.78 is 0. The molecule has 4 fully saturated rings. The summed E-state index contributed by atoms with van der Waals surface area (Å²) in [5, 5.41) is 4.07. The Morgan fingerprint density at radius 2 is 1.65 bits per heavy atom. The van der Waals surface area contributed by atoms with Crippen molar-refractivity contribution in [3.8, 4) is 0 Å². The Hall–Kier alpha value is -0.380. The van der Waals surface area contributed by atoms with E-state index in [1.54, 1.807) is 11.8 Å². The molecule has 3 nitrogen and oxygen atoms in total. The highest BCUT2D eigenvalue weighted by Gasteiger charge is 2.50. The summed E-state index contributed by atoms with van der Waals surface area (Å²) in [6, 6.07) is 0. The first-order valence-electron chi connectivity index (χ1n) is 6.85. The monoisotopic (exact) mass is 253 g/mol. The normalized spacial score (nSPS) is 44.2. The lowest BCUT2D eigenvalue weighted by Crippen LogP contribution is -2.46. The molecule has 4 rings (SSSR count). The summed E-state index contributed by atoms with van der Waals surface area (Å²) in [4.78, 5) is 0. The van der Waals surface area contributed by atoms with Gasteiger partial charge in [0, 0.05) is 5.75 Å². The minimum atomic E-state index is 0.537. The first kappa shape index (κ1) is 11.7. The summed E-state index contributed by atoms with van der Waals surface area (Å²) in [6.07, 6.45) is 10.4. The largest absolute Gasteiger partial charge is 0.377 e. The third-order valence-corrected chi connectivity index (χ3v) is 5.98. The van der Waals surface area contributed by atoms with E-state index in [1.807, 2.05) is 0 Å². The summed E-state index contributed by atoms with van der Waals surface area (Å²) in [5.41, 5.74) is 6.30. The second kappa shape index (κ2) is 4.38. The molecule has 4 saturated carbocycles. The highest BCUT2D eigenvalue weighted by atomic mass is 32.2. The van der Waals surface area contributed by atoms with Gasteiger partial charge in [-0.05, 0) is 68.1 Å². The van der Waals surface area contributed by atoms with Gasteiger partial charge in [-0.1, -0.05) is 11.8 Å². The quantitative estimate of drug-likeness (QED) is 0.351. The molecule has 0 atom stereocenters. The second-order valence-electron chi connectivity index (χ2n) is 6.48. The number of hydrazone groups is 1. The van der Waals surface area contributed by atoms with Gasteiger partial charge in [0.1, 0.15) is 0 Å². The fraction of sp³-hybridized carbons (Fsp3) is 0.923. The molecule has 0 heterocycles. The Bertz CT molecular complexity index is 291. The molecule has 0 aromatic rings. The molecule has 0 amide bonds. The molecule has 0 spiro atoms. The molecule has 17 heavy (non-hydrogen) atoms. The minimum absolute atomic E-state index is 0.537. The van der Waals surface area contributed by atoms with Crippen LogP contribution < -0.4 is 11.6 Å². The Morgan fingerprint density at radius 3 is 2.12 bits per heavy atom. The molecule has 4 heteroatoms. The third kappa shape index (κ3) is 2.28. The molecule has 0 saturated heterocycles. The fourth-order valence-electron chi connectivity index (χ4n) is 5.01. The number of hydrogen-bond acceptors (Lipinski definition) is 3. The molecule has 4 N–H and O–H groups in total. The van der Waals surface area contributed by atoms with Crippen LogP contribution in [0.4, 0.5) is 0 Å². The van der Waals surface area contributed by atoms with Crippen molar-refractivity contribution in [2.75, 3.05) is 5.75 Å². The summed E-state index contributed by atoms with van der Waals surface area (Å²) in [7, 11) is 0. The maximum absolute atomic E-state index is 5.64. The van der Waals surface area contributed by atoms with E-state index in [0.717, 1.165) is 23.5 Å². The van der Waals surface area contributed by atoms with Crippen LogP contribution in [0.2, 0.25) is 0 Å². The zero-order valence-electron chi connectivity index (χ0n) is 10.4. The van der Waals surface area contributed by atoms with Crippen molar-refractivity contribution in [3.63, 3.8) is 0 Å². The number of nitrogens with zero attached hydrogens (tertiary/aromatic N) is 1. The lowest BCUT2D eigenvalue weighted by atomic mass is 9.49. The molecule has 4 aliphatic rings. The molecular formula is C13H23N3S. The first-order valence-corrected chi connectivity index (χ1v) is 7.84. The average Bonchev–Trinajstić information content (AvgIpc) is 2.26. The maximum atomic E-state index is 5.64. The molecule has 0 unspecified atom stereocenters. The van der Waals surface area contributed by atoms with Crippen LogP contribution in [0.3, 0.4) is 0 Å². The van der Waals surface area contributed by atoms with Gasteiger partial charge in [0.25, 0.3) is 0 Å². The van der Waals surface area contributed by atoms with Gasteiger partial charge < -0.3 is 11.6 Å². The molecule has 4 aliphatic carbocycles. The van der Waals surface area contributed by atoms with E-state index in [4.69, 9.17) is 11.6 Å². The predicted molar refractivity (Wildman–Crippen MR) is 73.5 cm³/mol. The Kier molecular flexibility index (Phi) is 3.01. The molecule has 0 aromatic carbocycles. The van der Waals surface area contributed by atoms with Crippen LogP contribution in [-0.2, 0) is 0 Å². The first-order chi connectivity index (χ1) is 8.19. The van der Waals surface area contributed by atoms with Crippen molar-refractivity contribution in [1.82, 2.24) is 0 Å². The van der Waals surface area contributed by atoms with Gasteiger partial charge >= 0.3 is 0 Å². The van der Waals surface area contributed by atoms with E-state index in [-0.39, 0.29) is 0 Å². The van der Waals surface area contributed by atoms with Gasteiger partial charge in [0.15, 0.2) is 5.17 Å². The van der Waals surface area contributed by atoms with Crippen molar-refractivity contribution in [2.45, 2.75) is 44.9 Å². The number of nitrogens with two attached hydrogens (primary N) is 2. The maximum Gasteiger partial charge on any atom is 0.177 e. The second-order valence-corrected chi connectivity index (χ2v) is 7.60. The summed E-state index contributed by atoms with van der Waals surface area (Å²) in [5.74, 6) is 9.40. The third-order valence-electron chi connectivity index (χ3n) is 5.17. The molecule has 4 bridgehead atoms. The van der Waals surface area contributed by atoms with Crippen LogP contribution in [0.5, 0.6) is 0 Å². The fourth-order valence-corrected chi connectivity index (χ4v) is 5.82. The lowest BCUT2D eigenvalue weighted by Gasteiger charge is -2.57. The zero-order chi connectivity index (χ0) is 11.9. The SMILES string of the molecule is NN=C(N)SCCC12CC3CC(CC(C3)C1)C2. The van der Waals surface area contributed by atoms with Crippen LogP contribution >= 0.6 is 11.8 Å². The number of hydrogen-bond donors (Lipinski definition) is 2. The van der Waals surface area contributed by atoms with E-state index in [0.29, 0.717) is 10.6 Å². The van der Waals surface area contributed by atoms with Crippen molar-refractivity contribution in [1.29, 1.82) is 0 Å². The van der Waals surface area contributed by atoms with Crippen LogP contribution in [0, 0.1) is 23.2 Å². The Morgan fingerprint density at radius 1 is 1.12 bits per heavy atom. The van der Waals surface area contributed by atoms with Crippen molar-refractivity contribution < 1.29 is 0 Å². The van der Waals surface area contributed by atoms with Crippen LogP contribution in [0.15, 0.2) is 5.10 Å². The van der Waals surface area contributed by atoms with Gasteiger partial charge in [0.05, 0.1) is 0 Å². The van der Waals surface area contributed by atoms with Crippen LogP contribution in [-0.4, -0.2) is 10.9 Å². The lowest BCUT2D eigenvalue weighted by molar-refractivity contribution is -0.0538. The smallest absolute Gasteiger partial charge is 0.177 e. The van der Waals surface area contributed by atoms with Crippen molar-refractivity contribution in [3.05, 3.63) is 0 Å². The van der Waals surface area contributed by atoms with Gasteiger partial charge in [0.2, 0.25) is 0 Å². The summed E-state index contributed by atoms with van der Waals surface area (Å²) >= 11 is 1.63. The zero-order valence-corrected chi connectivity index (χ0v) is 11.2. The van der Waals surface area contributed by atoms with E-state index in [9.17, 15) is 0 Å². The van der Waals surface area contributed by atoms with E-state index in [2.05, 4.69) is 5.10 Å². The Labute approximate surface area is 108 Å². The number of thioether (sulfide) groups is 1. The number of amidine groups is 1. The van der Waals surface area contributed by atoms with E-state index in [1.165, 1.54) is 44.9 Å². The van der Waals surface area contributed by atoms with E-state index >= 15 is 0 Å². The van der Waals surface area contributed by atoms with Gasteiger partial charge in [-0.25, -0.2) is 0 Å². The minimum Gasteiger partial charge on any atom is -0.377 e. The predicted octanol–water partition coefficient (Wildman–Crippen LogP) is 2.51. The molecule has 0 aliphatic heterocycles. The topological polar surface area (TPSA) is 64.4 Å². The van der Waals surface area contributed by atoms with E-state index < -0.39 is 0 Å². The van der Waals surface area contributed by atoms with Crippen molar-refractivity contribution in [2.24, 2.45) is 39.8 Å². The van der Waals surface area contributed by atoms with Gasteiger partial charge in [-0.3, -0.25) is 0 Å². The molecule has 0 radical (unpaired) electrons. The standard InChI is InChI=1S/C13H23N3S/c14-12(16-15)17-2-1-13-6-9-3-10(7-13)5-11(4-9)8-13/h9-11H,1-8,15H2,(H2,14,16). The highest BCUT2D eigenvalue weighted by Crippen LogP contribution is 2.61. The van der Waals surface area contributed by atoms with Crippen LogP contribution in [0.1, 0.15) is 44.9 Å². The number of rotatable bonds is 3. The highest BCUT2D eigenvalue weighted by molar-refractivity contribution is 8.13. The van der Waals surface area contributed by atoms with Gasteiger partial charge in [-0.2, -0.15) is 5.10 Å². The molecular weight excluding hydrogens is 230 g/mol. The Balaban J connectivity index is 1.59. The van der Waals surface area contributed by atoms with Crippen molar-refractivity contribution >= 4 is 16.9 Å². The van der Waals surface area contributed by atoms with Gasteiger partial charge in [-0.15, -0.1) is 0 Å². The average molecular weight is 253 g/mol. The van der Waals surface area contributed by atoms with Crippen LogP contribution in [0.25, 0.3) is 0 Å². The molecule has 96 valence electrons. The summed E-state index contributed by atoms with van der Waals surface area (Å²) in [6.45, 7) is 0.